The van der Waals surface area contributed by atoms with Crippen LogP contribution in [0.1, 0.15) is 34.9 Å². The fraction of sp³-hybridized carbons (Fsp3) is 0.222. The molecule has 0 radical (unpaired) electrons. The van der Waals surface area contributed by atoms with Gasteiger partial charge in [0.1, 0.15) is 12.4 Å². The number of aromatic nitrogens is 1. The first-order valence-corrected chi connectivity index (χ1v) is 10.8. The molecule has 3 aromatic carbocycles. The smallest absolute Gasteiger partial charge is 0.130 e. The summed E-state index contributed by atoms with van der Waals surface area (Å²) < 4.78 is 6.03. The van der Waals surface area contributed by atoms with Crippen molar-refractivity contribution in [2.45, 2.75) is 32.0 Å². The Labute approximate surface area is 182 Å². The van der Waals surface area contributed by atoms with Crippen LogP contribution in [-0.4, -0.2) is 10.1 Å². The third-order valence-electron chi connectivity index (χ3n) is 6.16. The van der Waals surface area contributed by atoms with Gasteiger partial charge in [0.2, 0.25) is 0 Å². The summed E-state index contributed by atoms with van der Waals surface area (Å²) in [4.78, 5) is 4.67. The zero-order valence-electron chi connectivity index (χ0n) is 17.4. The molecule has 5 rings (SSSR count). The summed E-state index contributed by atoms with van der Waals surface area (Å²) in [6.45, 7) is 0.395. The minimum Gasteiger partial charge on any atom is -0.487 e. The number of rotatable bonds is 5. The van der Waals surface area contributed by atoms with Crippen LogP contribution < -0.4 is 10.5 Å². The van der Waals surface area contributed by atoms with Crippen molar-refractivity contribution in [3.63, 3.8) is 0 Å². The number of benzene rings is 3. The molecule has 0 bridgehead atoms. The molecule has 4 nitrogen and oxygen atoms in total. The minimum absolute atomic E-state index is 0.173. The topological polar surface area (TPSA) is 68.4 Å². The van der Waals surface area contributed by atoms with Gasteiger partial charge in [0.15, 0.2) is 0 Å². The zero-order valence-corrected chi connectivity index (χ0v) is 17.4. The molecule has 156 valence electrons. The van der Waals surface area contributed by atoms with Crippen molar-refractivity contribution in [2.24, 2.45) is 5.92 Å². The van der Waals surface area contributed by atoms with E-state index in [1.165, 1.54) is 11.1 Å². The molecule has 2 atom stereocenters. The summed E-state index contributed by atoms with van der Waals surface area (Å²) in [6.07, 6.45) is 2.24. The van der Waals surface area contributed by atoms with Crippen molar-refractivity contribution in [1.29, 1.82) is 0 Å². The highest BCUT2D eigenvalue weighted by Gasteiger charge is 2.28. The van der Waals surface area contributed by atoms with Gasteiger partial charge in [-0.15, -0.1) is 0 Å². The van der Waals surface area contributed by atoms with Crippen molar-refractivity contribution in [3.8, 4) is 5.75 Å². The number of fused-ring (bicyclic) bond motifs is 2. The Morgan fingerprint density at radius 2 is 1.87 bits per heavy atom. The maximum atomic E-state index is 11.1. The van der Waals surface area contributed by atoms with Crippen molar-refractivity contribution in [2.75, 3.05) is 5.73 Å². The Hall–Kier alpha value is -3.37. The fourth-order valence-corrected chi connectivity index (χ4v) is 4.50. The van der Waals surface area contributed by atoms with Crippen LogP contribution in [0.15, 0.2) is 78.9 Å². The lowest BCUT2D eigenvalue weighted by Gasteiger charge is -2.30. The average molecular weight is 411 g/mol. The molecule has 3 N–H and O–H groups in total. The van der Waals surface area contributed by atoms with Crippen molar-refractivity contribution >= 4 is 16.6 Å². The molecular formula is C27H26N2O2. The number of pyridine rings is 1. The van der Waals surface area contributed by atoms with Gasteiger partial charge in [-0.25, -0.2) is 4.98 Å². The Morgan fingerprint density at radius 1 is 0.968 bits per heavy atom. The number of para-hydroxylation sites is 1. The normalized spacial score (nSPS) is 18.0. The molecule has 1 aliphatic carbocycles. The highest BCUT2D eigenvalue weighted by molar-refractivity contribution is 5.78. The molecule has 0 fully saturated rings. The molecule has 0 aliphatic heterocycles. The highest BCUT2D eigenvalue weighted by Crippen LogP contribution is 2.38. The van der Waals surface area contributed by atoms with Crippen LogP contribution in [-0.2, 0) is 19.4 Å². The van der Waals surface area contributed by atoms with E-state index in [1.54, 1.807) is 0 Å². The lowest BCUT2D eigenvalue weighted by atomic mass is 9.78. The lowest BCUT2D eigenvalue weighted by Crippen LogP contribution is -2.22. The Bertz CT molecular complexity index is 1220. The molecule has 2 unspecified atom stereocenters. The van der Waals surface area contributed by atoms with Crippen molar-refractivity contribution < 1.29 is 9.84 Å². The van der Waals surface area contributed by atoms with Gasteiger partial charge in [0.05, 0.1) is 17.3 Å². The van der Waals surface area contributed by atoms with E-state index in [2.05, 4.69) is 29.2 Å². The molecule has 31 heavy (non-hydrogen) atoms. The summed E-state index contributed by atoms with van der Waals surface area (Å²) >= 11 is 0. The number of nitrogen functional groups attached to an aromatic ring is 1. The quantitative estimate of drug-likeness (QED) is 0.442. The van der Waals surface area contributed by atoms with E-state index < -0.39 is 6.10 Å². The molecule has 0 saturated carbocycles. The Balaban J connectivity index is 1.30. The van der Waals surface area contributed by atoms with E-state index in [0.29, 0.717) is 6.61 Å². The second-order valence-electron chi connectivity index (χ2n) is 8.34. The van der Waals surface area contributed by atoms with Gasteiger partial charge in [0, 0.05) is 11.1 Å². The van der Waals surface area contributed by atoms with Crippen LogP contribution in [0.2, 0.25) is 0 Å². The molecule has 1 aliphatic rings. The Morgan fingerprint density at radius 3 is 2.77 bits per heavy atom. The van der Waals surface area contributed by atoms with E-state index in [0.717, 1.165) is 52.9 Å². The third kappa shape index (κ3) is 4.25. The molecule has 4 heteroatoms. The summed E-state index contributed by atoms with van der Waals surface area (Å²) in [7, 11) is 0. The second-order valence-corrected chi connectivity index (χ2v) is 8.34. The summed E-state index contributed by atoms with van der Waals surface area (Å²) in [5.74, 6) is 0.934. The van der Waals surface area contributed by atoms with Gasteiger partial charge in [-0.2, -0.15) is 0 Å². The van der Waals surface area contributed by atoms with E-state index in [9.17, 15) is 5.11 Å². The number of nitrogens with zero attached hydrogens (tertiary/aromatic N) is 1. The molecule has 0 amide bonds. The monoisotopic (exact) mass is 410 g/mol. The summed E-state index contributed by atoms with van der Waals surface area (Å²) in [6, 6.07) is 26.1. The molecule has 0 spiro atoms. The highest BCUT2D eigenvalue weighted by atomic mass is 16.5. The molecule has 4 aromatic rings. The number of anilines is 1. The van der Waals surface area contributed by atoms with Crippen molar-refractivity contribution in [1.82, 2.24) is 4.98 Å². The predicted octanol–water partition coefficient (Wildman–Crippen LogP) is 5.23. The Kier molecular flexibility index (Phi) is 5.31. The van der Waals surface area contributed by atoms with Crippen LogP contribution in [0, 0.1) is 5.92 Å². The molecule has 1 aromatic heterocycles. The zero-order chi connectivity index (χ0) is 21.2. The number of hydrogen-bond donors (Lipinski definition) is 2. The number of aliphatic hydroxyl groups is 1. The van der Waals surface area contributed by atoms with E-state index >= 15 is 0 Å². The summed E-state index contributed by atoms with van der Waals surface area (Å²) in [5, 5.41) is 12.2. The molecule has 1 heterocycles. The van der Waals surface area contributed by atoms with Crippen LogP contribution in [0.4, 0.5) is 5.69 Å². The lowest BCUT2D eigenvalue weighted by molar-refractivity contribution is 0.0932. The first-order valence-electron chi connectivity index (χ1n) is 10.8. The fourth-order valence-electron chi connectivity index (χ4n) is 4.50. The van der Waals surface area contributed by atoms with Crippen LogP contribution in [0.25, 0.3) is 10.9 Å². The van der Waals surface area contributed by atoms with Gasteiger partial charge in [-0.3, -0.25) is 0 Å². The summed E-state index contributed by atoms with van der Waals surface area (Å²) in [5.41, 5.74) is 11.9. The van der Waals surface area contributed by atoms with Crippen LogP contribution >= 0.6 is 0 Å². The van der Waals surface area contributed by atoms with E-state index in [4.69, 9.17) is 10.5 Å². The van der Waals surface area contributed by atoms with Gasteiger partial charge in [0.25, 0.3) is 0 Å². The number of nitrogens with two attached hydrogens (primary N) is 1. The SMILES string of the molecule is Nc1cccc(CC2CCc3ccc(OCc4ccc5ccccc5n4)cc3C2O)c1. The molecule has 0 saturated heterocycles. The van der Waals surface area contributed by atoms with Crippen LogP contribution in [0.3, 0.4) is 0 Å². The maximum absolute atomic E-state index is 11.1. The number of aryl methyl sites for hydroxylation is 1. The minimum atomic E-state index is -0.507. The van der Waals surface area contributed by atoms with Gasteiger partial charge < -0.3 is 15.6 Å². The third-order valence-corrected chi connectivity index (χ3v) is 6.16. The van der Waals surface area contributed by atoms with Crippen LogP contribution in [0.5, 0.6) is 5.75 Å². The first-order chi connectivity index (χ1) is 15.2. The number of aliphatic hydroxyl groups excluding tert-OH is 1. The van der Waals surface area contributed by atoms with E-state index in [-0.39, 0.29) is 5.92 Å². The van der Waals surface area contributed by atoms with Gasteiger partial charge in [-0.05, 0) is 78.3 Å². The second kappa shape index (κ2) is 8.40. The van der Waals surface area contributed by atoms with Gasteiger partial charge >= 0.3 is 0 Å². The average Bonchev–Trinajstić information content (AvgIpc) is 2.79. The first kappa shape index (κ1) is 19.6. The number of ether oxygens (including phenoxy) is 1. The van der Waals surface area contributed by atoms with E-state index in [1.807, 2.05) is 54.6 Å². The number of hydrogen-bond acceptors (Lipinski definition) is 4. The standard InChI is InChI=1S/C27H26N2O2/c28-22-6-3-4-18(15-22)14-21-9-8-19-11-13-24(16-25(19)27(21)30)31-17-23-12-10-20-5-1-2-7-26(20)29-23/h1-7,10-13,15-16,21,27,30H,8-9,14,17,28H2. The van der Waals surface area contributed by atoms with Gasteiger partial charge in [-0.1, -0.05) is 42.5 Å². The maximum Gasteiger partial charge on any atom is 0.130 e. The molecular weight excluding hydrogens is 384 g/mol. The largest absolute Gasteiger partial charge is 0.487 e. The van der Waals surface area contributed by atoms with Crippen molar-refractivity contribution in [3.05, 3.63) is 101 Å². The predicted molar refractivity (Wildman–Crippen MR) is 124 cm³/mol.